The summed E-state index contributed by atoms with van der Waals surface area (Å²) in [6.45, 7) is 8.67. The van der Waals surface area contributed by atoms with Gasteiger partial charge in [-0.2, -0.15) is 0 Å². The Kier molecular flexibility index (Phi) is 13.8. The summed E-state index contributed by atoms with van der Waals surface area (Å²) in [6, 6.07) is 29.3. The van der Waals surface area contributed by atoms with Crippen molar-refractivity contribution in [2.75, 3.05) is 0 Å². The molecule has 6 aromatic rings. The number of unbranched alkanes of at least 4 members (excludes halogenated alkanes) is 12. The number of ether oxygens (including phenoxy) is 2. The molecule has 0 aromatic heterocycles. The average Bonchev–Trinajstić information content (AvgIpc) is 3.18. The van der Waals surface area contributed by atoms with Crippen molar-refractivity contribution in [3.63, 3.8) is 0 Å². The van der Waals surface area contributed by atoms with Crippen molar-refractivity contribution >= 4 is 55.0 Å². The average molecular weight is 723 g/mol. The molecule has 0 atom stereocenters. The van der Waals surface area contributed by atoms with E-state index in [1.54, 1.807) is 0 Å². The molecule has 0 N–H and O–H groups in total. The first-order chi connectivity index (χ1) is 26.4. The topological polar surface area (TPSA) is 52.6 Å². The Morgan fingerprint density at radius 1 is 0.407 bits per heavy atom. The molecule has 0 heterocycles. The van der Waals surface area contributed by atoms with E-state index in [0.29, 0.717) is 24.3 Å². The van der Waals surface area contributed by atoms with Gasteiger partial charge in [0.15, 0.2) is 0 Å². The van der Waals surface area contributed by atoms with Gasteiger partial charge in [0.2, 0.25) is 0 Å². The zero-order valence-electron chi connectivity index (χ0n) is 33.0. The van der Waals surface area contributed by atoms with E-state index < -0.39 is 0 Å². The summed E-state index contributed by atoms with van der Waals surface area (Å²) in [5.41, 5.74) is 4.28. The van der Waals surface area contributed by atoms with Gasteiger partial charge in [-0.1, -0.05) is 176 Å². The van der Waals surface area contributed by atoms with E-state index in [1.165, 1.54) is 51.4 Å². The minimum Gasteiger partial charge on any atom is -0.425 e. The van der Waals surface area contributed by atoms with Crippen molar-refractivity contribution in [1.82, 2.24) is 0 Å². The van der Waals surface area contributed by atoms with Gasteiger partial charge in [0.05, 0.1) is 0 Å². The Bertz CT molecular complexity index is 2070. The highest BCUT2D eigenvalue weighted by atomic mass is 16.5. The summed E-state index contributed by atoms with van der Waals surface area (Å²) < 4.78 is 12.8. The van der Waals surface area contributed by atoms with E-state index in [-0.39, 0.29) is 11.9 Å². The minimum absolute atomic E-state index is 0.180. The predicted octanol–water partition coefficient (Wildman–Crippen LogP) is 14.7. The molecule has 54 heavy (non-hydrogen) atoms. The number of carbonyl (C=O) groups excluding carboxylic acids is 2. The van der Waals surface area contributed by atoms with Crippen LogP contribution in [0.15, 0.2) is 84.9 Å². The maximum Gasteiger partial charge on any atom is 0.311 e. The molecule has 0 aliphatic rings. The van der Waals surface area contributed by atoms with Crippen LogP contribution in [0.3, 0.4) is 0 Å². The lowest BCUT2D eigenvalue weighted by Gasteiger charge is -2.22. The fourth-order valence-electron chi connectivity index (χ4n) is 8.25. The predicted molar refractivity (Wildman–Crippen MR) is 228 cm³/mol. The number of benzene rings is 6. The highest BCUT2D eigenvalue weighted by molar-refractivity contribution is 6.27. The van der Waals surface area contributed by atoms with Crippen LogP contribution in [-0.2, 0) is 9.59 Å². The number of hydrogen-bond acceptors (Lipinski definition) is 4. The van der Waals surface area contributed by atoms with Crippen LogP contribution in [-0.4, -0.2) is 11.9 Å². The molecule has 4 heteroatoms. The van der Waals surface area contributed by atoms with E-state index >= 15 is 0 Å². The maximum absolute atomic E-state index is 13.5. The summed E-state index contributed by atoms with van der Waals surface area (Å²) in [5, 5.41) is 7.84. The fourth-order valence-corrected chi connectivity index (χ4v) is 8.25. The normalized spacial score (nSPS) is 11.6. The van der Waals surface area contributed by atoms with Gasteiger partial charge in [0.1, 0.15) is 11.5 Å². The van der Waals surface area contributed by atoms with Gasteiger partial charge in [-0.15, -0.1) is 0 Å². The summed E-state index contributed by atoms with van der Waals surface area (Å²) in [7, 11) is 0. The number of fused-ring (bicyclic) bond motifs is 4. The molecular weight excluding hydrogens is 665 g/mol. The van der Waals surface area contributed by atoms with E-state index in [0.717, 1.165) is 104 Å². The molecule has 282 valence electrons. The second kappa shape index (κ2) is 19.1. The first-order valence-electron chi connectivity index (χ1n) is 20.7. The monoisotopic (exact) mass is 722 g/mol. The maximum atomic E-state index is 13.5. The fraction of sp³-hybridized carbons (Fsp3) is 0.400. The third-order valence-corrected chi connectivity index (χ3v) is 11.1. The standard InChI is InChI=1S/C50H58O4/c1-5-7-9-11-13-15-17-33-43(51)53-49-39-29-21-19-27-37(39)47(41-31-23-25-35(3)45(41)49)48-38-28-20-22-30-40(38)50(46-36(4)26-24-32-42(46)48)54-44(52)34-18-16-14-12-10-8-6-2/h19-32H,5-18,33-34H2,1-4H3. The lowest BCUT2D eigenvalue weighted by atomic mass is 9.84. The van der Waals surface area contributed by atoms with E-state index in [9.17, 15) is 9.59 Å². The molecule has 0 saturated carbocycles. The first-order valence-corrected chi connectivity index (χ1v) is 20.7. The molecule has 0 radical (unpaired) electrons. The van der Waals surface area contributed by atoms with Crippen molar-refractivity contribution < 1.29 is 19.1 Å². The summed E-state index contributed by atoms with van der Waals surface area (Å²) >= 11 is 0. The van der Waals surface area contributed by atoms with Crippen LogP contribution in [0.25, 0.3) is 54.2 Å². The number of carbonyl (C=O) groups is 2. The van der Waals surface area contributed by atoms with E-state index in [4.69, 9.17) is 9.47 Å². The van der Waals surface area contributed by atoms with Gasteiger partial charge >= 0.3 is 11.9 Å². The largest absolute Gasteiger partial charge is 0.425 e. The van der Waals surface area contributed by atoms with Gasteiger partial charge in [-0.25, -0.2) is 0 Å². The van der Waals surface area contributed by atoms with Crippen molar-refractivity contribution in [3.05, 3.63) is 96.1 Å². The Balaban J connectivity index is 1.43. The molecule has 0 unspecified atom stereocenters. The van der Waals surface area contributed by atoms with E-state index in [2.05, 4.69) is 100 Å². The minimum atomic E-state index is -0.180. The smallest absolute Gasteiger partial charge is 0.311 e. The zero-order chi connectivity index (χ0) is 37.9. The Morgan fingerprint density at radius 2 is 0.741 bits per heavy atom. The quantitative estimate of drug-likeness (QED) is 0.0361. The Morgan fingerprint density at radius 3 is 1.13 bits per heavy atom. The third-order valence-electron chi connectivity index (χ3n) is 11.1. The number of aryl methyl sites for hydroxylation is 2. The van der Waals surface area contributed by atoms with Gasteiger partial charge in [0, 0.05) is 34.4 Å². The van der Waals surface area contributed by atoms with E-state index in [1.807, 2.05) is 12.1 Å². The van der Waals surface area contributed by atoms with Crippen LogP contribution in [0.1, 0.15) is 128 Å². The van der Waals surface area contributed by atoms with Crippen molar-refractivity contribution in [3.8, 4) is 22.6 Å². The molecule has 0 aliphatic carbocycles. The molecule has 0 bridgehead atoms. The Hall–Kier alpha value is -4.70. The first kappa shape index (κ1) is 39.0. The van der Waals surface area contributed by atoms with Gasteiger partial charge in [0.25, 0.3) is 0 Å². The van der Waals surface area contributed by atoms with Crippen molar-refractivity contribution in [1.29, 1.82) is 0 Å². The summed E-state index contributed by atoms with van der Waals surface area (Å²) in [6.07, 6.45) is 16.9. The zero-order valence-corrected chi connectivity index (χ0v) is 33.0. The summed E-state index contributed by atoms with van der Waals surface area (Å²) in [4.78, 5) is 27.0. The van der Waals surface area contributed by atoms with Crippen molar-refractivity contribution in [2.24, 2.45) is 0 Å². The van der Waals surface area contributed by atoms with Gasteiger partial charge in [-0.05, 0) is 70.5 Å². The second-order valence-electron chi connectivity index (χ2n) is 15.2. The molecule has 6 rings (SSSR count). The molecule has 0 fully saturated rings. The lowest BCUT2D eigenvalue weighted by molar-refractivity contribution is -0.135. The third kappa shape index (κ3) is 8.81. The van der Waals surface area contributed by atoms with Crippen LogP contribution in [0, 0.1) is 13.8 Å². The number of rotatable bonds is 19. The molecule has 0 spiro atoms. The number of hydrogen-bond donors (Lipinski definition) is 0. The van der Waals surface area contributed by atoms with Gasteiger partial charge in [-0.3, -0.25) is 9.59 Å². The second-order valence-corrected chi connectivity index (χ2v) is 15.2. The molecule has 4 nitrogen and oxygen atoms in total. The number of esters is 2. The van der Waals surface area contributed by atoms with Crippen LogP contribution in [0.5, 0.6) is 11.5 Å². The molecule has 6 aromatic carbocycles. The van der Waals surface area contributed by atoms with Crippen LogP contribution in [0.4, 0.5) is 0 Å². The lowest BCUT2D eigenvalue weighted by Crippen LogP contribution is -2.09. The SMILES string of the molecule is CCCCCCCCCC(=O)Oc1c2ccccc2c(-c2c3ccccc3c(OC(=O)CCCCCCCCC)c3c(C)cccc23)c2cccc(C)c12. The highest BCUT2D eigenvalue weighted by Crippen LogP contribution is 2.51. The van der Waals surface area contributed by atoms with Crippen LogP contribution >= 0.6 is 0 Å². The Labute approximate surface area is 322 Å². The summed E-state index contributed by atoms with van der Waals surface area (Å²) in [5.74, 6) is 0.910. The molecule has 0 saturated heterocycles. The van der Waals surface area contributed by atoms with Crippen LogP contribution < -0.4 is 9.47 Å². The molecule has 0 aliphatic heterocycles. The highest BCUT2D eigenvalue weighted by Gasteiger charge is 2.25. The van der Waals surface area contributed by atoms with Crippen molar-refractivity contribution in [2.45, 2.75) is 130 Å². The molecular formula is C50H58O4. The van der Waals surface area contributed by atoms with Gasteiger partial charge < -0.3 is 9.47 Å². The molecule has 0 amide bonds. The van der Waals surface area contributed by atoms with Crippen LogP contribution in [0.2, 0.25) is 0 Å².